The number of benzene rings is 1. The minimum Gasteiger partial charge on any atom is -0.480 e. The van der Waals surface area contributed by atoms with Crippen LogP contribution >= 0.6 is 0 Å². The number of carbonyl (C=O) groups excluding carboxylic acids is 1. The summed E-state index contributed by atoms with van der Waals surface area (Å²) in [6.45, 7) is 4.75. The number of aryl methyl sites for hydroxylation is 4. The Morgan fingerprint density at radius 2 is 2.03 bits per heavy atom. The minimum atomic E-state index is -1.09. The molecule has 2 aliphatic rings. The Morgan fingerprint density at radius 3 is 2.72 bits per heavy atom. The van der Waals surface area contributed by atoms with Crippen molar-refractivity contribution >= 4 is 17.7 Å². The average Bonchev–Trinajstić information content (AvgIpc) is 2.83. The van der Waals surface area contributed by atoms with E-state index in [9.17, 15) is 14.7 Å². The van der Waals surface area contributed by atoms with E-state index in [1.165, 1.54) is 5.56 Å². The molecule has 36 heavy (non-hydrogen) atoms. The minimum absolute atomic E-state index is 0.140. The fourth-order valence-corrected chi connectivity index (χ4v) is 5.13. The van der Waals surface area contributed by atoms with Crippen molar-refractivity contribution in [2.24, 2.45) is 5.92 Å². The van der Waals surface area contributed by atoms with Crippen LogP contribution in [0.15, 0.2) is 24.3 Å². The summed E-state index contributed by atoms with van der Waals surface area (Å²) in [5, 5.41) is 24.7. The van der Waals surface area contributed by atoms with E-state index in [2.05, 4.69) is 28.8 Å². The number of aromatic nitrogens is 1. The number of amides is 1. The van der Waals surface area contributed by atoms with Crippen LogP contribution in [0.25, 0.3) is 0 Å². The number of rotatable bonds is 10. The summed E-state index contributed by atoms with van der Waals surface area (Å²) in [7, 11) is 0. The van der Waals surface area contributed by atoms with Gasteiger partial charge in [0.25, 0.3) is 5.91 Å². The molecule has 3 N–H and O–H groups in total. The van der Waals surface area contributed by atoms with Crippen LogP contribution in [-0.4, -0.2) is 47.3 Å². The van der Waals surface area contributed by atoms with Crippen LogP contribution in [0.1, 0.15) is 70.4 Å². The van der Waals surface area contributed by atoms with E-state index in [0.717, 1.165) is 56.6 Å². The molecule has 8 heteroatoms. The van der Waals surface area contributed by atoms with Crippen molar-refractivity contribution in [3.63, 3.8) is 0 Å². The third-order valence-corrected chi connectivity index (χ3v) is 7.21. The van der Waals surface area contributed by atoms with Gasteiger partial charge < -0.3 is 20.5 Å². The number of carboxylic acids is 1. The second kappa shape index (κ2) is 11.5. The third-order valence-electron chi connectivity index (χ3n) is 7.21. The number of ether oxygens (including phenoxy) is 1. The maximum Gasteiger partial charge on any atom is 0.326 e. The summed E-state index contributed by atoms with van der Waals surface area (Å²) >= 11 is 0. The molecule has 190 valence electrons. The van der Waals surface area contributed by atoms with Gasteiger partial charge in [-0.05, 0) is 93.2 Å². The first kappa shape index (κ1) is 25.6. The van der Waals surface area contributed by atoms with E-state index in [1.54, 1.807) is 26.0 Å². The first-order valence-electron chi connectivity index (χ1n) is 12.7. The monoisotopic (exact) mass is 490 g/mol. The fraction of sp³-hybridized carbons (Fsp3) is 0.500. The molecule has 1 aromatic heterocycles. The van der Waals surface area contributed by atoms with Crippen molar-refractivity contribution in [1.29, 1.82) is 5.26 Å². The molecule has 4 rings (SSSR count). The molecule has 1 amide bonds. The smallest absolute Gasteiger partial charge is 0.326 e. The highest BCUT2D eigenvalue weighted by molar-refractivity contribution is 5.99. The second-order valence-electron chi connectivity index (χ2n) is 9.96. The van der Waals surface area contributed by atoms with E-state index in [4.69, 9.17) is 15.0 Å². The van der Waals surface area contributed by atoms with Crippen molar-refractivity contribution in [3.8, 4) is 6.07 Å². The van der Waals surface area contributed by atoms with Gasteiger partial charge in [-0.25, -0.2) is 9.78 Å². The lowest BCUT2D eigenvalue weighted by Crippen LogP contribution is -2.42. The Bertz CT molecular complexity index is 1140. The summed E-state index contributed by atoms with van der Waals surface area (Å²) in [4.78, 5) is 29.3. The van der Waals surface area contributed by atoms with Crippen molar-refractivity contribution < 1.29 is 19.4 Å². The Hall–Kier alpha value is -3.44. The lowest BCUT2D eigenvalue weighted by atomic mass is 9.79. The van der Waals surface area contributed by atoms with Gasteiger partial charge in [-0.1, -0.05) is 6.07 Å². The number of nitrogens with zero attached hydrogens (tertiary/aromatic N) is 2. The van der Waals surface area contributed by atoms with Crippen LogP contribution in [0.3, 0.4) is 0 Å². The average molecular weight is 491 g/mol. The van der Waals surface area contributed by atoms with Crippen molar-refractivity contribution in [1.82, 2.24) is 10.3 Å². The van der Waals surface area contributed by atoms with Crippen LogP contribution in [0, 0.1) is 31.1 Å². The van der Waals surface area contributed by atoms with E-state index >= 15 is 0 Å². The molecule has 1 aromatic carbocycles. The van der Waals surface area contributed by atoms with Crippen LogP contribution < -0.4 is 10.6 Å². The molecular weight excluding hydrogens is 456 g/mol. The van der Waals surface area contributed by atoms with Gasteiger partial charge in [0.15, 0.2) is 0 Å². The predicted molar refractivity (Wildman–Crippen MR) is 136 cm³/mol. The van der Waals surface area contributed by atoms with E-state index in [-0.39, 0.29) is 19.1 Å². The summed E-state index contributed by atoms with van der Waals surface area (Å²) < 4.78 is 5.90. The van der Waals surface area contributed by atoms with E-state index in [0.29, 0.717) is 28.2 Å². The number of nitrogens with one attached hydrogen (secondary N) is 2. The number of aliphatic carboxylic acids is 1. The molecule has 1 aliphatic carbocycles. The highest BCUT2D eigenvalue weighted by atomic mass is 16.5. The number of pyridine rings is 1. The molecule has 1 unspecified atom stereocenters. The van der Waals surface area contributed by atoms with Gasteiger partial charge in [0.2, 0.25) is 0 Å². The maximum absolute atomic E-state index is 12.8. The normalized spacial score (nSPS) is 19.2. The Kier molecular flexibility index (Phi) is 8.21. The Balaban J connectivity index is 1.19. The van der Waals surface area contributed by atoms with E-state index < -0.39 is 17.9 Å². The molecule has 0 spiro atoms. The van der Waals surface area contributed by atoms with Gasteiger partial charge in [-0.15, -0.1) is 0 Å². The third kappa shape index (κ3) is 6.21. The van der Waals surface area contributed by atoms with Gasteiger partial charge >= 0.3 is 5.97 Å². The summed E-state index contributed by atoms with van der Waals surface area (Å²) in [5.74, 6) is 0.0993. The Morgan fingerprint density at radius 1 is 1.28 bits per heavy atom. The summed E-state index contributed by atoms with van der Waals surface area (Å²) in [6, 6.07) is 8.62. The zero-order chi connectivity index (χ0) is 25.7. The summed E-state index contributed by atoms with van der Waals surface area (Å²) in [6.07, 6.45) is 6.56. The summed E-state index contributed by atoms with van der Waals surface area (Å²) in [5.41, 5.74) is 4.60. The zero-order valence-electron chi connectivity index (χ0n) is 21.0. The molecule has 0 bridgehead atoms. The molecule has 8 nitrogen and oxygen atoms in total. The highest BCUT2D eigenvalue weighted by Crippen LogP contribution is 2.34. The topological polar surface area (TPSA) is 124 Å². The number of hydrogen-bond acceptors (Lipinski definition) is 6. The molecular formula is C28H34N4O4. The number of nitriles is 1. The second-order valence-corrected chi connectivity index (χ2v) is 9.96. The van der Waals surface area contributed by atoms with Gasteiger partial charge in [0.1, 0.15) is 11.9 Å². The fourth-order valence-electron chi connectivity index (χ4n) is 5.13. The molecule has 1 saturated carbocycles. The molecule has 1 atom stereocenters. The zero-order valence-corrected chi connectivity index (χ0v) is 21.0. The first-order chi connectivity index (χ1) is 17.3. The van der Waals surface area contributed by atoms with Gasteiger partial charge in [-0.2, -0.15) is 5.26 Å². The number of anilines is 1. The predicted octanol–water partition coefficient (Wildman–Crippen LogP) is 3.93. The van der Waals surface area contributed by atoms with Gasteiger partial charge in [0, 0.05) is 30.8 Å². The SMILES string of the molecule is Cc1cc(C#N)cc(C)c1C(=O)NC(CCO[C@H]1C[C@@H](CCc2ccc3c(n2)NCCC3)C1)C(=O)O. The molecule has 0 saturated heterocycles. The Labute approximate surface area is 212 Å². The van der Waals surface area contributed by atoms with Crippen LogP contribution in [0.4, 0.5) is 5.82 Å². The molecule has 1 fully saturated rings. The van der Waals surface area contributed by atoms with Crippen molar-refractivity contribution in [3.05, 3.63) is 57.8 Å². The van der Waals surface area contributed by atoms with Crippen molar-refractivity contribution in [2.45, 2.75) is 70.9 Å². The van der Waals surface area contributed by atoms with Crippen LogP contribution in [0.5, 0.6) is 0 Å². The van der Waals surface area contributed by atoms with Gasteiger partial charge in [0.05, 0.1) is 17.7 Å². The number of carboxylic acid groups (broad SMARTS) is 1. The quantitative estimate of drug-likeness (QED) is 0.461. The van der Waals surface area contributed by atoms with Crippen LogP contribution in [0.2, 0.25) is 0 Å². The molecule has 0 radical (unpaired) electrons. The maximum atomic E-state index is 12.8. The molecule has 2 heterocycles. The van der Waals surface area contributed by atoms with Crippen molar-refractivity contribution in [2.75, 3.05) is 18.5 Å². The highest BCUT2D eigenvalue weighted by Gasteiger charge is 2.30. The molecule has 2 aromatic rings. The number of fused-ring (bicyclic) bond motifs is 1. The van der Waals surface area contributed by atoms with Crippen LogP contribution in [-0.2, 0) is 22.4 Å². The van der Waals surface area contributed by atoms with Gasteiger partial charge in [-0.3, -0.25) is 4.79 Å². The lowest BCUT2D eigenvalue weighted by molar-refractivity contribution is -0.140. The van der Waals surface area contributed by atoms with E-state index in [1.807, 2.05) is 0 Å². The number of hydrogen-bond donors (Lipinski definition) is 3. The molecule has 1 aliphatic heterocycles. The first-order valence-corrected chi connectivity index (χ1v) is 12.7. The lowest BCUT2D eigenvalue weighted by Gasteiger charge is -2.35. The standard InChI is InChI=1S/C28H34N4O4/c1-17-12-20(16-29)13-18(2)25(17)27(33)32-24(28(34)35)9-11-36-23-14-19(15-23)5-7-22-8-6-21-4-3-10-30-26(21)31-22/h6,8,12-13,19,23-24H,3-5,7,9-11,14-15H2,1-2H3,(H,30,31)(H,32,33)(H,34,35)/t19-,23+,24?. The largest absolute Gasteiger partial charge is 0.480 e. The number of carbonyl (C=O) groups is 2.